The van der Waals surface area contributed by atoms with Crippen LogP contribution in [0, 0.1) is 5.92 Å². The standard InChI is InChI=1S/C15H22N2O/c1-12-10-15(18)17(11-14(12)16)9-5-8-13-6-3-2-4-7-13/h2-4,6-7,12,14H,5,8-11,16H2,1H3. The molecule has 3 nitrogen and oxygen atoms in total. The van der Waals surface area contributed by atoms with Crippen LogP contribution in [0.1, 0.15) is 25.3 Å². The van der Waals surface area contributed by atoms with Crippen LogP contribution < -0.4 is 5.73 Å². The molecule has 2 atom stereocenters. The van der Waals surface area contributed by atoms with Gasteiger partial charge in [-0.1, -0.05) is 37.3 Å². The van der Waals surface area contributed by atoms with Crippen molar-refractivity contribution in [3.8, 4) is 0 Å². The van der Waals surface area contributed by atoms with E-state index in [9.17, 15) is 4.79 Å². The third-order valence-electron chi connectivity index (χ3n) is 3.75. The highest BCUT2D eigenvalue weighted by atomic mass is 16.2. The topological polar surface area (TPSA) is 46.3 Å². The van der Waals surface area contributed by atoms with Gasteiger partial charge in [-0.2, -0.15) is 0 Å². The van der Waals surface area contributed by atoms with Gasteiger partial charge in [0, 0.05) is 25.6 Å². The van der Waals surface area contributed by atoms with E-state index in [1.807, 2.05) is 11.0 Å². The van der Waals surface area contributed by atoms with E-state index in [1.54, 1.807) is 0 Å². The van der Waals surface area contributed by atoms with Gasteiger partial charge in [0.15, 0.2) is 0 Å². The van der Waals surface area contributed by atoms with Gasteiger partial charge in [0.05, 0.1) is 0 Å². The van der Waals surface area contributed by atoms with Crippen molar-refractivity contribution in [3.05, 3.63) is 35.9 Å². The number of piperidine rings is 1. The minimum absolute atomic E-state index is 0.138. The van der Waals surface area contributed by atoms with E-state index in [0.29, 0.717) is 12.3 Å². The monoisotopic (exact) mass is 246 g/mol. The first-order chi connectivity index (χ1) is 8.66. The number of carbonyl (C=O) groups is 1. The second-order valence-corrected chi connectivity index (χ2v) is 5.27. The number of carbonyl (C=O) groups excluding carboxylic acids is 1. The Hall–Kier alpha value is -1.35. The van der Waals surface area contributed by atoms with Crippen LogP contribution in [0.25, 0.3) is 0 Å². The molecule has 1 fully saturated rings. The van der Waals surface area contributed by atoms with Crippen molar-refractivity contribution in [1.82, 2.24) is 4.90 Å². The third kappa shape index (κ3) is 3.33. The first-order valence-corrected chi connectivity index (χ1v) is 6.74. The number of nitrogens with zero attached hydrogens (tertiary/aromatic N) is 1. The Balaban J connectivity index is 1.78. The van der Waals surface area contributed by atoms with Gasteiger partial charge in [0.1, 0.15) is 0 Å². The lowest BCUT2D eigenvalue weighted by Gasteiger charge is -2.34. The number of amides is 1. The summed E-state index contributed by atoms with van der Waals surface area (Å²) < 4.78 is 0. The maximum absolute atomic E-state index is 11.9. The van der Waals surface area contributed by atoms with E-state index < -0.39 is 0 Å². The predicted octanol–water partition coefficient (Wildman–Crippen LogP) is 1.81. The molecule has 1 aliphatic heterocycles. The highest BCUT2D eigenvalue weighted by Crippen LogP contribution is 2.17. The third-order valence-corrected chi connectivity index (χ3v) is 3.75. The quantitative estimate of drug-likeness (QED) is 0.880. The van der Waals surface area contributed by atoms with Crippen molar-refractivity contribution < 1.29 is 4.79 Å². The fourth-order valence-electron chi connectivity index (χ4n) is 2.43. The molecule has 98 valence electrons. The molecule has 0 bridgehead atoms. The van der Waals surface area contributed by atoms with Gasteiger partial charge < -0.3 is 10.6 Å². The van der Waals surface area contributed by atoms with Gasteiger partial charge in [0.25, 0.3) is 0 Å². The van der Waals surface area contributed by atoms with Crippen molar-refractivity contribution in [2.24, 2.45) is 11.7 Å². The predicted molar refractivity (Wildman–Crippen MR) is 73.1 cm³/mol. The lowest BCUT2D eigenvalue weighted by molar-refractivity contribution is -0.135. The highest BCUT2D eigenvalue weighted by Gasteiger charge is 2.28. The number of rotatable bonds is 4. The molecule has 1 aromatic carbocycles. The van der Waals surface area contributed by atoms with Gasteiger partial charge in [-0.05, 0) is 24.3 Å². The molecule has 2 N–H and O–H groups in total. The highest BCUT2D eigenvalue weighted by molar-refractivity contribution is 5.77. The molecular formula is C15H22N2O. The molecule has 2 unspecified atom stereocenters. The lowest BCUT2D eigenvalue weighted by Crippen LogP contribution is -2.50. The second kappa shape index (κ2) is 6.01. The summed E-state index contributed by atoms with van der Waals surface area (Å²) in [7, 11) is 0. The molecule has 3 heteroatoms. The van der Waals surface area contributed by atoms with Crippen LogP contribution in [-0.4, -0.2) is 29.9 Å². The zero-order valence-corrected chi connectivity index (χ0v) is 11.0. The Bertz CT molecular complexity index is 391. The fourth-order valence-corrected chi connectivity index (χ4v) is 2.43. The molecular weight excluding hydrogens is 224 g/mol. The molecule has 0 spiro atoms. The molecule has 1 saturated heterocycles. The largest absolute Gasteiger partial charge is 0.341 e. The Labute approximate surface area is 109 Å². The van der Waals surface area contributed by atoms with Crippen LogP contribution in [0.15, 0.2) is 30.3 Å². The summed E-state index contributed by atoms with van der Waals surface area (Å²) >= 11 is 0. The Kier molecular flexibility index (Phi) is 4.37. The average Bonchev–Trinajstić information content (AvgIpc) is 2.37. The van der Waals surface area contributed by atoms with E-state index in [-0.39, 0.29) is 11.9 Å². The van der Waals surface area contributed by atoms with Crippen LogP contribution >= 0.6 is 0 Å². The number of benzene rings is 1. The SMILES string of the molecule is CC1CC(=O)N(CCCc2ccccc2)CC1N. The number of hydrogen-bond acceptors (Lipinski definition) is 2. The maximum atomic E-state index is 11.9. The van der Waals surface area contributed by atoms with Gasteiger partial charge in [-0.25, -0.2) is 0 Å². The summed E-state index contributed by atoms with van der Waals surface area (Å²) in [6, 6.07) is 10.5. The van der Waals surface area contributed by atoms with Gasteiger partial charge >= 0.3 is 0 Å². The summed E-state index contributed by atoms with van der Waals surface area (Å²) in [5.41, 5.74) is 7.35. The van der Waals surface area contributed by atoms with Gasteiger partial charge in [0.2, 0.25) is 5.91 Å². The van der Waals surface area contributed by atoms with E-state index in [2.05, 4.69) is 31.2 Å². The fraction of sp³-hybridized carbons (Fsp3) is 0.533. The van der Waals surface area contributed by atoms with Crippen molar-refractivity contribution in [1.29, 1.82) is 0 Å². The first kappa shape index (κ1) is 13.1. The summed E-state index contributed by atoms with van der Waals surface area (Å²) in [6.07, 6.45) is 2.64. The Morgan fingerprint density at radius 1 is 1.33 bits per heavy atom. The zero-order valence-electron chi connectivity index (χ0n) is 11.0. The molecule has 0 radical (unpaired) electrons. The van der Waals surface area contributed by atoms with Crippen molar-refractivity contribution in [3.63, 3.8) is 0 Å². The molecule has 1 aromatic rings. The molecule has 0 aliphatic carbocycles. The number of hydrogen-bond donors (Lipinski definition) is 1. The summed E-state index contributed by atoms with van der Waals surface area (Å²) in [6.45, 7) is 3.60. The maximum Gasteiger partial charge on any atom is 0.222 e. The van der Waals surface area contributed by atoms with Crippen molar-refractivity contribution in [2.75, 3.05) is 13.1 Å². The minimum atomic E-state index is 0.138. The van der Waals surface area contributed by atoms with Crippen LogP contribution in [0.5, 0.6) is 0 Å². The first-order valence-electron chi connectivity index (χ1n) is 6.74. The van der Waals surface area contributed by atoms with E-state index >= 15 is 0 Å². The molecule has 18 heavy (non-hydrogen) atoms. The summed E-state index contributed by atoms with van der Waals surface area (Å²) in [4.78, 5) is 13.8. The van der Waals surface area contributed by atoms with E-state index in [4.69, 9.17) is 5.73 Å². The van der Waals surface area contributed by atoms with E-state index in [1.165, 1.54) is 5.56 Å². The van der Waals surface area contributed by atoms with Crippen molar-refractivity contribution >= 4 is 5.91 Å². The number of nitrogens with two attached hydrogens (primary N) is 1. The van der Waals surface area contributed by atoms with Crippen LogP contribution in [0.4, 0.5) is 0 Å². The number of aryl methyl sites for hydroxylation is 1. The molecule has 2 rings (SSSR count). The number of likely N-dealkylation sites (tertiary alicyclic amines) is 1. The summed E-state index contributed by atoms with van der Waals surface area (Å²) in [5, 5.41) is 0. The Morgan fingerprint density at radius 2 is 2.06 bits per heavy atom. The van der Waals surface area contributed by atoms with Crippen LogP contribution in [-0.2, 0) is 11.2 Å². The smallest absolute Gasteiger partial charge is 0.222 e. The average molecular weight is 246 g/mol. The second-order valence-electron chi connectivity index (χ2n) is 5.27. The zero-order chi connectivity index (χ0) is 13.0. The lowest BCUT2D eigenvalue weighted by atomic mass is 9.93. The van der Waals surface area contributed by atoms with Crippen molar-refractivity contribution in [2.45, 2.75) is 32.2 Å². The molecule has 1 amide bonds. The summed E-state index contributed by atoms with van der Waals surface area (Å²) in [5.74, 6) is 0.583. The minimum Gasteiger partial charge on any atom is -0.341 e. The van der Waals surface area contributed by atoms with Gasteiger partial charge in [-0.3, -0.25) is 4.79 Å². The van der Waals surface area contributed by atoms with Crippen LogP contribution in [0.3, 0.4) is 0 Å². The molecule has 0 saturated carbocycles. The normalized spacial score (nSPS) is 24.3. The van der Waals surface area contributed by atoms with Crippen LogP contribution in [0.2, 0.25) is 0 Å². The van der Waals surface area contributed by atoms with E-state index in [0.717, 1.165) is 25.9 Å². The molecule has 1 heterocycles. The molecule has 1 aliphatic rings. The Morgan fingerprint density at radius 3 is 2.78 bits per heavy atom. The van der Waals surface area contributed by atoms with Gasteiger partial charge in [-0.15, -0.1) is 0 Å². The molecule has 0 aromatic heterocycles.